The maximum atomic E-state index is 12.9. The summed E-state index contributed by atoms with van der Waals surface area (Å²) < 4.78 is 40.1. The highest BCUT2D eigenvalue weighted by molar-refractivity contribution is 7.91. The molecule has 0 radical (unpaired) electrons. The fraction of sp³-hybridized carbons (Fsp3) is 0.0526. The van der Waals surface area contributed by atoms with Crippen molar-refractivity contribution in [3.8, 4) is 17.2 Å². The zero-order chi connectivity index (χ0) is 19.4. The van der Waals surface area contributed by atoms with E-state index in [4.69, 9.17) is 16.9 Å². The van der Waals surface area contributed by atoms with Crippen molar-refractivity contribution in [2.24, 2.45) is 0 Å². The molecule has 2 aromatic carbocycles. The van der Waals surface area contributed by atoms with Crippen LogP contribution in [-0.4, -0.2) is 13.4 Å². The summed E-state index contributed by atoms with van der Waals surface area (Å²) in [5.74, 6) is -0.720. The van der Waals surface area contributed by atoms with Crippen LogP contribution < -0.4 is 4.72 Å². The fourth-order valence-corrected chi connectivity index (χ4v) is 3.85. The molecule has 0 atom stereocenters. The van der Waals surface area contributed by atoms with E-state index in [0.717, 1.165) is 0 Å². The molecule has 0 amide bonds. The minimum atomic E-state index is -3.70. The van der Waals surface area contributed by atoms with Gasteiger partial charge in [-0.15, -0.1) is 0 Å². The van der Waals surface area contributed by atoms with E-state index in [2.05, 4.69) is 9.71 Å². The number of nitriles is 1. The van der Waals surface area contributed by atoms with Gasteiger partial charge in [-0.1, -0.05) is 29.8 Å². The Bertz CT molecular complexity index is 1130. The third-order valence-electron chi connectivity index (χ3n) is 3.70. The maximum absolute atomic E-state index is 12.9. The van der Waals surface area contributed by atoms with Gasteiger partial charge in [0.15, 0.2) is 0 Å². The number of sulfonamides is 1. The highest BCUT2D eigenvalue weighted by atomic mass is 35.5. The number of pyridine rings is 1. The molecule has 0 bridgehead atoms. The Labute approximate surface area is 161 Å². The third-order valence-corrected chi connectivity index (χ3v) is 5.28. The van der Waals surface area contributed by atoms with Crippen LogP contribution in [0.2, 0.25) is 5.02 Å². The average molecular weight is 402 g/mol. The van der Waals surface area contributed by atoms with Crippen LogP contribution in [0.25, 0.3) is 11.1 Å². The summed E-state index contributed by atoms with van der Waals surface area (Å²) in [6, 6.07) is 13.8. The summed E-state index contributed by atoms with van der Waals surface area (Å²) >= 11 is 6.05. The number of benzene rings is 2. The number of aromatic nitrogens is 1. The summed E-state index contributed by atoms with van der Waals surface area (Å²) in [4.78, 5) is 4.05. The van der Waals surface area contributed by atoms with E-state index in [9.17, 15) is 12.8 Å². The predicted octanol–water partition coefficient (Wildman–Crippen LogP) is 4.35. The second kappa shape index (κ2) is 7.74. The molecule has 8 heteroatoms. The Morgan fingerprint density at radius 1 is 1.07 bits per heavy atom. The Balaban J connectivity index is 1.82. The summed E-state index contributed by atoms with van der Waals surface area (Å²) in [6.07, 6.45) is 2.95. The highest BCUT2D eigenvalue weighted by Crippen LogP contribution is 2.27. The van der Waals surface area contributed by atoms with Crippen LogP contribution in [0.1, 0.15) is 11.1 Å². The molecular formula is C19H13ClFN3O2S. The van der Waals surface area contributed by atoms with Gasteiger partial charge in [0, 0.05) is 11.8 Å². The number of rotatable bonds is 5. The van der Waals surface area contributed by atoms with Gasteiger partial charge in [0.2, 0.25) is 10.0 Å². The van der Waals surface area contributed by atoms with E-state index >= 15 is 0 Å². The standard InChI is InChI=1S/C19H13ClFN3O2S/c20-19-8-14(3-4-15(19)9-22)16-7-18(11-23-10-16)24-27(25,26)12-13-1-5-17(21)6-2-13/h1-8,10-11,24H,12H2. The normalized spacial score (nSPS) is 11.0. The average Bonchev–Trinajstić information content (AvgIpc) is 2.63. The van der Waals surface area contributed by atoms with Gasteiger partial charge in [-0.25, -0.2) is 12.8 Å². The molecule has 0 saturated carbocycles. The number of halogens is 2. The van der Waals surface area contributed by atoms with Crippen LogP contribution in [0.15, 0.2) is 60.9 Å². The second-order valence-corrected chi connectivity index (χ2v) is 7.89. The van der Waals surface area contributed by atoms with Crippen LogP contribution in [0.5, 0.6) is 0 Å². The number of hydrogen-bond donors (Lipinski definition) is 1. The van der Waals surface area contributed by atoms with Crippen molar-refractivity contribution < 1.29 is 12.8 Å². The lowest BCUT2D eigenvalue weighted by Gasteiger charge is -2.10. The Morgan fingerprint density at radius 3 is 2.48 bits per heavy atom. The Morgan fingerprint density at radius 2 is 1.81 bits per heavy atom. The Kier molecular flexibility index (Phi) is 5.40. The molecule has 0 aliphatic rings. The van der Waals surface area contributed by atoms with Gasteiger partial charge in [0.25, 0.3) is 0 Å². The van der Waals surface area contributed by atoms with Crippen molar-refractivity contribution in [1.82, 2.24) is 4.98 Å². The molecule has 27 heavy (non-hydrogen) atoms. The molecule has 3 rings (SSSR count). The largest absolute Gasteiger partial charge is 0.282 e. The minimum Gasteiger partial charge on any atom is -0.282 e. The van der Waals surface area contributed by atoms with Gasteiger partial charge in [-0.2, -0.15) is 5.26 Å². The number of hydrogen-bond acceptors (Lipinski definition) is 4. The zero-order valence-electron chi connectivity index (χ0n) is 13.9. The van der Waals surface area contributed by atoms with E-state index in [1.165, 1.54) is 30.5 Å². The molecule has 5 nitrogen and oxygen atoms in total. The van der Waals surface area contributed by atoms with Gasteiger partial charge in [0.1, 0.15) is 11.9 Å². The van der Waals surface area contributed by atoms with E-state index in [1.54, 1.807) is 30.5 Å². The van der Waals surface area contributed by atoms with Gasteiger partial charge in [-0.05, 0) is 41.5 Å². The highest BCUT2D eigenvalue weighted by Gasteiger charge is 2.13. The summed E-state index contributed by atoms with van der Waals surface area (Å²) in [5.41, 5.74) is 2.45. The fourth-order valence-electron chi connectivity index (χ4n) is 2.45. The van der Waals surface area contributed by atoms with Gasteiger partial charge in [0.05, 0.1) is 28.2 Å². The molecule has 0 aliphatic carbocycles. The number of nitrogens with zero attached hydrogens (tertiary/aromatic N) is 2. The lowest BCUT2D eigenvalue weighted by atomic mass is 10.1. The molecule has 0 fully saturated rings. The first kappa shape index (κ1) is 18.8. The van der Waals surface area contributed by atoms with Crippen molar-refractivity contribution in [3.05, 3.63) is 82.9 Å². The Hall–Kier alpha value is -2.95. The van der Waals surface area contributed by atoms with E-state index < -0.39 is 15.8 Å². The van der Waals surface area contributed by atoms with Crippen LogP contribution >= 0.6 is 11.6 Å². The second-order valence-electron chi connectivity index (χ2n) is 5.76. The lowest BCUT2D eigenvalue weighted by molar-refractivity contribution is 0.600. The van der Waals surface area contributed by atoms with Gasteiger partial charge in [-0.3, -0.25) is 9.71 Å². The van der Waals surface area contributed by atoms with Gasteiger partial charge >= 0.3 is 0 Å². The van der Waals surface area contributed by atoms with Crippen molar-refractivity contribution in [1.29, 1.82) is 5.26 Å². The number of nitrogens with one attached hydrogen (secondary N) is 1. The van der Waals surface area contributed by atoms with Gasteiger partial charge < -0.3 is 0 Å². The molecule has 0 aliphatic heterocycles. The molecule has 1 heterocycles. The third kappa shape index (κ3) is 4.82. The predicted molar refractivity (Wildman–Crippen MR) is 102 cm³/mol. The van der Waals surface area contributed by atoms with E-state index in [1.807, 2.05) is 6.07 Å². The lowest BCUT2D eigenvalue weighted by Crippen LogP contribution is -2.15. The first-order valence-corrected chi connectivity index (χ1v) is 9.79. The molecule has 136 valence electrons. The van der Waals surface area contributed by atoms with Crippen LogP contribution in [0.4, 0.5) is 10.1 Å². The maximum Gasteiger partial charge on any atom is 0.236 e. The van der Waals surface area contributed by atoms with E-state index in [-0.39, 0.29) is 11.4 Å². The van der Waals surface area contributed by atoms with Crippen molar-refractivity contribution in [2.75, 3.05) is 4.72 Å². The zero-order valence-corrected chi connectivity index (χ0v) is 15.4. The van der Waals surface area contributed by atoms with Crippen molar-refractivity contribution in [3.63, 3.8) is 0 Å². The first-order chi connectivity index (χ1) is 12.9. The minimum absolute atomic E-state index is 0.287. The molecule has 0 spiro atoms. The molecule has 0 unspecified atom stereocenters. The molecule has 0 saturated heterocycles. The number of anilines is 1. The van der Waals surface area contributed by atoms with E-state index in [0.29, 0.717) is 27.3 Å². The molecule has 1 N–H and O–H groups in total. The van der Waals surface area contributed by atoms with Crippen molar-refractivity contribution in [2.45, 2.75) is 5.75 Å². The summed E-state index contributed by atoms with van der Waals surface area (Å²) in [5, 5.41) is 9.25. The monoisotopic (exact) mass is 401 g/mol. The van der Waals surface area contributed by atoms with Crippen LogP contribution in [0.3, 0.4) is 0 Å². The molecule has 1 aromatic heterocycles. The quantitative estimate of drug-likeness (QED) is 0.688. The van der Waals surface area contributed by atoms with Crippen LogP contribution in [0, 0.1) is 17.1 Å². The first-order valence-electron chi connectivity index (χ1n) is 7.76. The van der Waals surface area contributed by atoms with Crippen molar-refractivity contribution >= 4 is 27.3 Å². The summed E-state index contributed by atoms with van der Waals surface area (Å²) in [7, 11) is -3.70. The summed E-state index contributed by atoms with van der Waals surface area (Å²) in [6.45, 7) is 0. The molecular weight excluding hydrogens is 389 g/mol. The smallest absolute Gasteiger partial charge is 0.236 e. The SMILES string of the molecule is N#Cc1ccc(-c2cncc(NS(=O)(=O)Cc3ccc(F)cc3)c2)cc1Cl. The van der Waals surface area contributed by atoms with Crippen LogP contribution in [-0.2, 0) is 15.8 Å². The molecule has 3 aromatic rings. The topological polar surface area (TPSA) is 82.8 Å².